The van der Waals surface area contributed by atoms with E-state index in [0.717, 1.165) is 29.4 Å². The van der Waals surface area contributed by atoms with Gasteiger partial charge in [-0.2, -0.15) is 0 Å². The van der Waals surface area contributed by atoms with Gasteiger partial charge in [0.1, 0.15) is 11.9 Å². The summed E-state index contributed by atoms with van der Waals surface area (Å²) in [6.45, 7) is 2.03. The van der Waals surface area contributed by atoms with Crippen LogP contribution in [0.2, 0.25) is 0 Å². The van der Waals surface area contributed by atoms with E-state index >= 15 is 0 Å². The first-order chi connectivity index (χ1) is 9.54. The first kappa shape index (κ1) is 13.6. The number of alkyl halides is 1. The molecule has 0 radical (unpaired) electrons. The van der Waals surface area contributed by atoms with Gasteiger partial charge < -0.3 is 4.74 Å². The lowest BCUT2D eigenvalue weighted by molar-refractivity contribution is 0.254. The number of ether oxygens (including phenoxy) is 1. The van der Waals surface area contributed by atoms with E-state index in [0.29, 0.717) is 5.56 Å². The molecule has 0 amide bonds. The molecule has 2 aromatic rings. The number of hydrogen-bond acceptors (Lipinski definition) is 1. The van der Waals surface area contributed by atoms with E-state index in [-0.39, 0.29) is 10.9 Å². The molecule has 4 heteroatoms. The maximum atomic E-state index is 13.3. The third-order valence-corrected chi connectivity index (χ3v) is 4.51. The Morgan fingerprint density at radius 3 is 2.55 bits per heavy atom. The second-order valence-corrected chi connectivity index (χ2v) is 5.95. The maximum Gasteiger partial charge on any atom is 0.159 e. The van der Waals surface area contributed by atoms with Gasteiger partial charge in [-0.3, -0.25) is 0 Å². The molecule has 1 aliphatic heterocycles. The van der Waals surface area contributed by atoms with Gasteiger partial charge in [0.15, 0.2) is 11.6 Å². The van der Waals surface area contributed by atoms with Crippen molar-refractivity contribution in [3.63, 3.8) is 0 Å². The molecule has 0 fully saturated rings. The maximum absolute atomic E-state index is 13.3. The fourth-order valence-electron chi connectivity index (χ4n) is 2.46. The number of benzene rings is 2. The molecule has 1 aliphatic rings. The minimum absolute atomic E-state index is 0.168. The average Bonchev–Trinajstić information content (AvgIpc) is 2.80. The van der Waals surface area contributed by atoms with Crippen molar-refractivity contribution in [1.82, 2.24) is 0 Å². The fraction of sp³-hybridized carbons (Fsp3) is 0.250. The van der Waals surface area contributed by atoms with Crippen molar-refractivity contribution in [3.8, 4) is 5.75 Å². The molecule has 0 spiro atoms. The molecule has 1 nitrogen and oxygen atoms in total. The zero-order chi connectivity index (χ0) is 14.3. The Bertz CT molecular complexity index is 657. The van der Waals surface area contributed by atoms with Gasteiger partial charge in [0.05, 0.1) is 4.83 Å². The highest BCUT2D eigenvalue weighted by Crippen LogP contribution is 2.36. The average molecular weight is 339 g/mol. The zero-order valence-electron chi connectivity index (χ0n) is 10.9. The largest absolute Gasteiger partial charge is 0.490 e. The van der Waals surface area contributed by atoms with Crippen molar-refractivity contribution >= 4 is 15.9 Å². The van der Waals surface area contributed by atoms with Crippen LogP contribution in [0.25, 0.3) is 0 Å². The van der Waals surface area contributed by atoms with Crippen LogP contribution in [0.15, 0.2) is 36.4 Å². The molecule has 104 valence electrons. The Morgan fingerprint density at radius 2 is 1.80 bits per heavy atom. The summed E-state index contributed by atoms with van der Waals surface area (Å²) in [7, 11) is 0. The molecular formula is C16H13BrF2O. The molecule has 0 N–H and O–H groups in total. The lowest BCUT2D eigenvalue weighted by atomic mass is 10.0. The minimum Gasteiger partial charge on any atom is -0.490 e. The van der Waals surface area contributed by atoms with E-state index in [2.05, 4.69) is 22.0 Å². The van der Waals surface area contributed by atoms with E-state index in [9.17, 15) is 8.78 Å². The van der Waals surface area contributed by atoms with Crippen molar-refractivity contribution in [3.05, 3.63) is 64.7 Å². The molecule has 0 saturated heterocycles. The quantitative estimate of drug-likeness (QED) is 0.716. The molecule has 2 aromatic carbocycles. The Hall–Kier alpha value is -1.42. The van der Waals surface area contributed by atoms with Crippen molar-refractivity contribution in [2.75, 3.05) is 0 Å². The van der Waals surface area contributed by atoms with Crippen molar-refractivity contribution in [1.29, 1.82) is 0 Å². The number of halogens is 3. The van der Waals surface area contributed by atoms with Gasteiger partial charge in [0, 0.05) is 6.42 Å². The summed E-state index contributed by atoms with van der Waals surface area (Å²) in [5.41, 5.74) is 2.85. The van der Waals surface area contributed by atoms with Crippen molar-refractivity contribution < 1.29 is 13.5 Å². The Kier molecular flexibility index (Phi) is 3.50. The highest BCUT2D eigenvalue weighted by Gasteiger charge is 2.21. The topological polar surface area (TPSA) is 9.23 Å². The van der Waals surface area contributed by atoms with Crippen LogP contribution in [0.4, 0.5) is 8.78 Å². The Labute approximate surface area is 124 Å². The summed E-state index contributed by atoms with van der Waals surface area (Å²) in [6.07, 6.45) is 1.07. The molecule has 0 bridgehead atoms. The smallest absolute Gasteiger partial charge is 0.159 e. The number of rotatable bonds is 2. The molecule has 0 saturated carbocycles. The van der Waals surface area contributed by atoms with Crippen molar-refractivity contribution in [2.24, 2.45) is 0 Å². The summed E-state index contributed by atoms with van der Waals surface area (Å²) in [5.74, 6) is -0.749. The minimum atomic E-state index is -0.829. The Balaban J connectivity index is 1.93. The van der Waals surface area contributed by atoms with Gasteiger partial charge in [-0.05, 0) is 41.8 Å². The molecule has 2 atom stereocenters. The highest BCUT2D eigenvalue weighted by molar-refractivity contribution is 9.09. The van der Waals surface area contributed by atoms with E-state index < -0.39 is 11.6 Å². The fourth-order valence-corrected chi connectivity index (χ4v) is 3.03. The van der Waals surface area contributed by atoms with Crippen LogP contribution in [0.3, 0.4) is 0 Å². The molecule has 1 heterocycles. The van der Waals surface area contributed by atoms with E-state index in [1.54, 1.807) is 6.07 Å². The number of hydrogen-bond donors (Lipinski definition) is 0. The molecule has 0 aromatic heterocycles. The molecular weight excluding hydrogens is 326 g/mol. The van der Waals surface area contributed by atoms with Crippen LogP contribution >= 0.6 is 15.9 Å². The van der Waals surface area contributed by atoms with E-state index in [4.69, 9.17) is 4.74 Å². The number of fused-ring (bicyclic) bond motifs is 1. The van der Waals surface area contributed by atoms with Gasteiger partial charge in [0.2, 0.25) is 0 Å². The van der Waals surface area contributed by atoms with Crippen LogP contribution in [0.1, 0.15) is 28.4 Å². The van der Waals surface area contributed by atoms with Gasteiger partial charge >= 0.3 is 0 Å². The SMILES string of the molecule is CC1Cc2cc(C(Br)c3ccc(F)c(F)c3)ccc2O1. The van der Waals surface area contributed by atoms with Gasteiger partial charge in [-0.25, -0.2) is 8.78 Å². The standard InChI is InChI=1S/C16H13BrF2O/c1-9-6-12-7-10(3-5-15(12)20-9)16(17)11-2-4-13(18)14(19)8-11/h2-5,7-9,16H,6H2,1H3. The van der Waals surface area contributed by atoms with Gasteiger partial charge in [0.25, 0.3) is 0 Å². The van der Waals surface area contributed by atoms with Crippen LogP contribution < -0.4 is 4.74 Å². The molecule has 20 heavy (non-hydrogen) atoms. The summed E-state index contributed by atoms with van der Waals surface area (Å²) >= 11 is 3.55. The normalized spacial score (nSPS) is 18.5. The summed E-state index contributed by atoms with van der Waals surface area (Å²) < 4.78 is 31.9. The van der Waals surface area contributed by atoms with Crippen molar-refractivity contribution in [2.45, 2.75) is 24.3 Å². The summed E-state index contributed by atoms with van der Waals surface area (Å²) in [6, 6.07) is 9.89. The molecule has 2 unspecified atom stereocenters. The second-order valence-electron chi connectivity index (χ2n) is 5.04. The summed E-state index contributed by atoms with van der Waals surface area (Å²) in [4.78, 5) is -0.168. The predicted molar refractivity (Wildman–Crippen MR) is 77.4 cm³/mol. The van der Waals surface area contributed by atoms with E-state index in [1.165, 1.54) is 6.07 Å². The summed E-state index contributed by atoms with van der Waals surface area (Å²) in [5, 5.41) is 0. The van der Waals surface area contributed by atoms with E-state index in [1.807, 2.05) is 19.1 Å². The van der Waals surface area contributed by atoms with Crippen LogP contribution in [0.5, 0.6) is 5.75 Å². The Morgan fingerprint density at radius 1 is 1.10 bits per heavy atom. The predicted octanol–water partition coefficient (Wildman–Crippen LogP) is 4.77. The third-order valence-electron chi connectivity index (χ3n) is 3.45. The highest BCUT2D eigenvalue weighted by atomic mass is 79.9. The lowest BCUT2D eigenvalue weighted by Crippen LogP contribution is -2.05. The monoisotopic (exact) mass is 338 g/mol. The van der Waals surface area contributed by atoms with Gasteiger partial charge in [-0.15, -0.1) is 0 Å². The molecule has 0 aliphatic carbocycles. The zero-order valence-corrected chi connectivity index (χ0v) is 12.5. The molecule has 3 rings (SSSR count). The van der Waals surface area contributed by atoms with Crippen LogP contribution in [-0.4, -0.2) is 6.10 Å². The van der Waals surface area contributed by atoms with Gasteiger partial charge in [-0.1, -0.05) is 34.1 Å². The first-order valence-electron chi connectivity index (χ1n) is 6.43. The third kappa shape index (κ3) is 2.44. The van der Waals surface area contributed by atoms with Crippen LogP contribution in [0, 0.1) is 11.6 Å². The lowest BCUT2D eigenvalue weighted by Gasteiger charge is -2.12. The van der Waals surface area contributed by atoms with Crippen LogP contribution in [-0.2, 0) is 6.42 Å². The second kappa shape index (κ2) is 5.17. The first-order valence-corrected chi connectivity index (χ1v) is 7.34.